The van der Waals surface area contributed by atoms with Crippen LogP contribution in [-0.2, 0) is 6.54 Å². The van der Waals surface area contributed by atoms with Crippen molar-refractivity contribution in [2.75, 3.05) is 6.61 Å². The van der Waals surface area contributed by atoms with Gasteiger partial charge in [-0.05, 0) is 23.7 Å². The average molecular weight is 347 g/mol. The number of nitrogens with one attached hydrogen (secondary N) is 1. The van der Waals surface area contributed by atoms with Gasteiger partial charge in [-0.2, -0.15) is 18.2 Å². The lowest BCUT2D eigenvalue weighted by molar-refractivity contribution is -0.154. The summed E-state index contributed by atoms with van der Waals surface area (Å²) in [6.45, 7) is -1.65. The van der Waals surface area contributed by atoms with Crippen molar-refractivity contribution in [3.05, 3.63) is 47.1 Å². The van der Waals surface area contributed by atoms with Gasteiger partial charge < -0.3 is 10.1 Å². The Morgan fingerprint density at radius 1 is 1.35 bits per heavy atom. The standard InChI is InChI=1S/C13H10ClF3N4O2/c14-12-20-6-9(11(21-12)23-7-13(15,16)17)5-19-10(22)8-2-1-3-18-4-8/h1-4,6H,5,7H2,(H,19,22). The van der Waals surface area contributed by atoms with Gasteiger partial charge in [0.25, 0.3) is 5.91 Å². The minimum absolute atomic E-state index is 0.127. The zero-order chi connectivity index (χ0) is 16.9. The van der Waals surface area contributed by atoms with Gasteiger partial charge in [-0.15, -0.1) is 0 Å². The summed E-state index contributed by atoms with van der Waals surface area (Å²) >= 11 is 5.55. The van der Waals surface area contributed by atoms with Crippen LogP contribution in [0.1, 0.15) is 15.9 Å². The molecule has 1 amide bonds. The smallest absolute Gasteiger partial charge is 0.422 e. The molecule has 0 spiro atoms. The second-order valence-electron chi connectivity index (χ2n) is 4.30. The Hall–Kier alpha value is -2.42. The van der Waals surface area contributed by atoms with Gasteiger partial charge >= 0.3 is 6.18 Å². The lowest BCUT2D eigenvalue weighted by atomic mass is 10.2. The van der Waals surface area contributed by atoms with Crippen molar-refractivity contribution >= 4 is 17.5 Å². The van der Waals surface area contributed by atoms with Crippen LogP contribution in [0.3, 0.4) is 0 Å². The van der Waals surface area contributed by atoms with E-state index in [1.807, 2.05) is 0 Å². The molecule has 1 N–H and O–H groups in total. The van der Waals surface area contributed by atoms with Crippen molar-refractivity contribution in [1.82, 2.24) is 20.3 Å². The maximum absolute atomic E-state index is 12.2. The summed E-state index contributed by atoms with van der Waals surface area (Å²) in [7, 11) is 0. The number of ether oxygens (including phenoxy) is 1. The number of hydrogen-bond donors (Lipinski definition) is 1. The SMILES string of the molecule is O=C(NCc1cnc(Cl)nc1OCC(F)(F)F)c1cccnc1. The Balaban J connectivity index is 2.06. The van der Waals surface area contributed by atoms with E-state index in [4.69, 9.17) is 11.6 Å². The number of amides is 1. The molecule has 0 aromatic carbocycles. The highest BCUT2D eigenvalue weighted by Crippen LogP contribution is 2.21. The van der Waals surface area contributed by atoms with Gasteiger partial charge in [-0.25, -0.2) is 4.98 Å². The summed E-state index contributed by atoms with van der Waals surface area (Å²) in [5.74, 6) is -0.788. The zero-order valence-electron chi connectivity index (χ0n) is 11.5. The number of alkyl halides is 3. The number of carbonyl (C=O) groups is 1. The van der Waals surface area contributed by atoms with E-state index in [2.05, 4.69) is 25.0 Å². The monoisotopic (exact) mass is 346 g/mol. The normalized spacial score (nSPS) is 11.1. The molecule has 2 aromatic rings. The molecule has 0 aliphatic rings. The molecule has 0 aliphatic heterocycles. The quantitative estimate of drug-likeness (QED) is 0.841. The Labute approximate surface area is 133 Å². The van der Waals surface area contributed by atoms with E-state index in [0.717, 1.165) is 0 Å². The number of hydrogen-bond acceptors (Lipinski definition) is 5. The summed E-state index contributed by atoms with van der Waals surface area (Å²) in [6.07, 6.45) is -0.472. The first-order valence-electron chi connectivity index (χ1n) is 6.24. The molecule has 0 aliphatic carbocycles. The second-order valence-corrected chi connectivity index (χ2v) is 4.64. The number of nitrogens with zero attached hydrogens (tertiary/aromatic N) is 3. The summed E-state index contributed by atoms with van der Waals surface area (Å²) < 4.78 is 41.3. The highest BCUT2D eigenvalue weighted by molar-refractivity contribution is 6.28. The Kier molecular flexibility index (Phi) is 5.32. The lowest BCUT2D eigenvalue weighted by Crippen LogP contribution is -2.25. The van der Waals surface area contributed by atoms with Crippen molar-refractivity contribution in [2.24, 2.45) is 0 Å². The molecule has 2 rings (SSSR count). The average Bonchev–Trinajstić information content (AvgIpc) is 2.52. The van der Waals surface area contributed by atoms with Crippen LogP contribution in [0.5, 0.6) is 5.88 Å². The van der Waals surface area contributed by atoms with Crippen LogP contribution in [0.15, 0.2) is 30.7 Å². The third kappa shape index (κ3) is 5.37. The van der Waals surface area contributed by atoms with Crippen molar-refractivity contribution < 1.29 is 22.7 Å². The molecule has 0 radical (unpaired) electrons. The van der Waals surface area contributed by atoms with E-state index in [-0.39, 0.29) is 23.3 Å². The molecule has 122 valence electrons. The number of halogens is 4. The van der Waals surface area contributed by atoms with Crippen molar-refractivity contribution in [3.63, 3.8) is 0 Å². The molecule has 0 atom stereocenters. The Morgan fingerprint density at radius 2 is 2.13 bits per heavy atom. The highest BCUT2D eigenvalue weighted by Gasteiger charge is 2.29. The maximum atomic E-state index is 12.2. The molecule has 6 nitrogen and oxygen atoms in total. The minimum atomic E-state index is -4.52. The van der Waals surface area contributed by atoms with Gasteiger partial charge in [-0.3, -0.25) is 9.78 Å². The predicted molar refractivity (Wildman–Crippen MR) is 74.0 cm³/mol. The molecule has 0 bridgehead atoms. The van der Waals surface area contributed by atoms with Crippen molar-refractivity contribution in [3.8, 4) is 5.88 Å². The summed E-state index contributed by atoms with van der Waals surface area (Å²) in [4.78, 5) is 22.9. The summed E-state index contributed by atoms with van der Waals surface area (Å²) in [6, 6.07) is 3.12. The van der Waals surface area contributed by atoms with Crippen LogP contribution in [-0.4, -0.2) is 33.6 Å². The molecule has 10 heteroatoms. The fourth-order valence-electron chi connectivity index (χ4n) is 1.54. The number of rotatable bonds is 5. The topological polar surface area (TPSA) is 77.0 Å². The van der Waals surface area contributed by atoms with Gasteiger partial charge in [0, 0.05) is 25.1 Å². The minimum Gasteiger partial charge on any atom is -0.468 e. The number of pyridine rings is 1. The van der Waals surface area contributed by atoms with E-state index < -0.39 is 18.7 Å². The molecule has 0 saturated heterocycles. The van der Waals surface area contributed by atoms with Gasteiger partial charge in [0.2, 0.25) is 11.2 Å². The lowest BCUT2D eigenvalue weighted by Gasteiger charge is -2.12. The van der Waals surface area contributed by atoms with Crippen molar-refractivity contribution in [1.29, 1.82) is 0 Å². The van der Waals surface area contributed by atoms with Crippen LogP contribution in [0.25, 0.3) is 0 Å². The first kappa shape index (κ1) is 16.9. The number of carbonyl (C=O) groups excluding carboxylic acids is 1. The summed E-state index contributed by atoms with van der Waals surface area (Å²) in [5, 5.41) is 2.25. The van der Waals surface area contributed by atoms with Crippen LogP contribution in [0.4, 0.5) is 13.2 Å². The number of aromatic nitrogens is 3. The van der Waals surface area contributed by atoms with Crippen LogP contribution < -0.4 is 10.1 Å². The molecule has 0 fully saturated rings. The van der Waals surface area contributed by atoms with E-state index in [9.17, 15) is 18.0 Å². The van der Waals surface area contributed by atoms with Crippen LogP contribution in [0.2, 0.25) is 5.28 Å². The third-order valence-electron chi connectivity index (χ3n) is 2.53. The molecule has 0 unspecified atom stereocenters. The molecular formula is C13H10ClF3N4O2. The van der Waals surface area contributed by atoms with Gasteiger partial charge in [0.1, 0.15) is 0 Å². The fraction of sp³-hybridized carbons (Fsp3) is 0.231. The van der Waals surface area contributed by atoms with Crippen molar-refractivity contribution in [2.45, 2.75) is 12.7 Å². The Bertz CT molecular complexity index is 683. The van der Waals surface area contributed by atoms with E-state index in [1.54, 1.807) is 12.1 Å². The highest BCUT2D eigenvalue weighted by atomic mass is 35.5. The van der Waals surface area contributed by atoms with E-state index >= 15 is 0 Å². The van der Waals surface area contributed by atoms with Crippen LogP contribution in [0, 0.1) is 0 Å². The molecular weight excluding hydrogens is 337 g/mol. The third-order valence-corrected chi connectivity index (χ3v) is 2.71. The predicted octanol–water partition coefficient (Wildman–Crippen LogP) is 2.40. The molecule has 0 saturated carbocycles. The Morgan fingerprint density at radius 3 is 2.78 bits per heavy atom. The van der Waals surface area contributed by atoms with E-state index in [1.165, 1.54) is 18.6 Å². The fourth-order valence-corrected chi connectivity index (χ4v) is 1.67. The van der Waals surface area contributed by atoms with E-state index in [0.29, 0.717) is 5.56 Å². The van der Waals surface area contributed by atoms with Gasteiger partial charge in [0.15, 0.2) is 6.61 Å². The zero-order valence-corrected chi connectivity index (χ0v) is 12.2. The first-order valence-corrected chi connectivity index (χ1v) is 6.62. The summed E-state index contributed by atoms with van der Waals surface area (Å²) in [5.41, 5.74) is 0.469. The van der Waals surface area contributed by atoms with Crippen LogP contribution >= 0.6 is 11.6 Å². The molecule has 23 heavy (non-hydrogen) atoms. The second kappa shape index (κ2) is 7.23. The first-order chi connectivity index (χ1) is 10.8. The molecule has 2 heterocycles. The maximum Gasteiger partial charge on any atom is 0.422 e. The van der Waals surface area contributed by atoms with Gasteiger partial charge in [-0.1, -0.05) is 0 Å². The largest absolute Gasteiger partial charge is 0.468 e. The van der Waals surface area contributed by atoms with Gasteiger partial charge in [0.05, 0.1) is 11.1 Å². The molecule has 2 aromatic heterocycles.